The molecule has 0 aromatic heterocycles. The SMILES string of the molecule is CC(C)(C)Oc1ccc([S+](c2ccccc2)c2ccccc2)cc1.Cc1cc(C)c([S+](c2ccccc2)c2ccccc2)c(C)c1.Cc1ccc([S+](c2ccccc2)c2ccccc2)c(C)c1.Fc1ccc([S+](c2ccccc2)c2ccc(F)cc2)cc1.Fc1ccc([S+](c2ccccc2)c2ccccc2)cc1. The van der Waals surface area contributed by atoms with Crippen LogP contribution in [0.4, 0.5) is 13.2 Å². The van der Waals surface area contributed by atoms with Gasteiger partial charge in [-0.2, -0.15) is 0 Å². The van der Waals surface area contributed by atoms with E-state index in [1.807, 2.05) is 78.9 Å². The second-order valence-corrected chi connectivity index (χ2v) is 36.4. The van der Waals surface area contributed by atoms with Crippen molar-refractivity contribution in [2.75, 3.05) is 0 Å². The quantitative estimate of drug-likeness (QED) is 0.0876. The topological polar surface area (TPSA) is 9.23 Å². The van der Waals surface area contributed by atoms with Gasteiger partial charge in [-0.15, -0.1) is 0 Å². The van der Waals surface area contributed by atoms with Crippen LogP contribution in [-0.2, 0) is 54.5 Å². The van der Waals surface area contributed by atoms with Crippen LogP contribution in [0.25, 0.3) is 0 Å². The number of benzene rings is 15. The molecular formula is C99H90F3OS5+5. The molecule has 0 saturated heterocycles. The normalized spacial score (nSPS) is 11.0. The fourth-order valence-electron chi connectivity index (χ4n) is 12.2. The molecule has 15 aromatic rings. The lowest BCUT2D eigenvalue weighted by Gasteiger charge is -2.21. The third-order valence-electron chi connectivity index (χ3n) is 16.8. The Morgan fingerprint density at radius 3 is 0.667 bits per heavy atom. The molecule has 0 amide bonds. The van der Waals surface area contributed by atoms with Crippen LogP contribution in [0.2, 0.25) is 0 Å². The van der Waals surface area contributed by atoms with E-state index in [2.05, 4.69) is 316 Å². The van der Waals surface area contributed by atoms with Gasteiger partial charge in [-0.3, -0.25) is 0 Å². The number of rotatable bonds is 16. The van der Waals surface area contributed by atoms with Crippen LogP contribution in [0.1, 0.15) is 48.6 Å². The van der Waals surface area contributed by atoms with Gasteiger partial charge in [-0.25, -0.2) is 13.2 Å². The summed E-state index contributed by atoms with van der Waals surface area (Å²) in [6.45, 7) is 17.2. The van der Waals surface area contributed by atoms with E-state index in [4.69, 9.17) is 4.74 Å². The van der Waals surface area contributed by atoms with Crippen molar-refractivity contribution in [3.05, 3.63) is 446 Å². The molecule has 0 atom stereocenters. The maximum Gasteiger partial charge on any atom is 0.172 e. The molecule has 0 bridgehead atoms. The van der Waals surface area contributed by atoms with E-state index in [9.17, 15) is 13.2 Å². The Kier molecular flexibility index (Phi) is 28.8. The van der Waals surface area contributed by atoms with Gasteiger partial charge in [0.2, 0.25) is 0 Å². The Balaban J connectivity index is 0.000000134. The van der Waals surface area contributed by atoms with Crippen LogP contribution < -0.4 is 4.74 Å². The van der Waals surface area contributed by atoms with Crippen LogP contribution in [0.3, 0.4) is 0 Å². The summed E-state index contributed by atoms with van der Waals surface area (Å²) in [6, 6.07) is 135. The average molecular weight is 1510 g/mol. The zero-order valence-corrected chi connectivity index (χ0v) is 66.3. The van der Waals surface area contributed by atoms with Crippen molar-refractivity contribution in [2.45, 2.75) is 134 Å². The second kappa shape index (κ2) is 39.5. The molecule has 0 heterocycles. The first-order valence-electron chi connectivity index (χ1n) is 35.9. The molecule has 0 unspecified atom stereocenters. The minimum Gasteiger partial charge on any atom is -0.488 e. The summed E-state index contributed by atoms with van der Waals surface area (Å²) in [5.74, 6) is 0.207. The van der Waals surface area contributed by atoms with E-state index in [0.29, 0.717) is 0 Å². The highest BCUT2D eigenvalue weighted by Crippen LogP contribution is 2.39. The highest BCUT2D eigenvalue weighted by molar-refractivity contribution is 7.98. The van der Waals surface area contributed by atoms with Gasteiger partial charge in [0, 0.05) is 16.7 Å². The maximum atomic E-state index is 13.2. The molecule has 1 nitrogen and oxygen atoms in total. The van der Waals surface area contributed by atoms with E-state index in [0.717, 1.165) is 25.3 Å². The summed E-state index contributed by atoms with van der Waals surface area (Å²) in [6.07, 6.45) is 0. The zero-order chi connectivity index (χ0) is 75.6. The van der Waals surface area contributed by atoms with E-state index < -0.39 is 0 Å². The number of aryl methyl sites for hydroxylation is 5. The summed E-state index contributed by atoms with van der Waals surface area (Å²) in [5.41, 5.74) is 6.61. The predicted molar refractivity (Wildman–Crippen MR) is 451 cm³/mol. The Labute approximate surface area is 653 Å². The molecule has 15 rings (SSSR count). The largest absolute Gasteiger partial charge is 0.488 e. The van der Waals surface area contributed by atoms with Gasteiger partial charge < -0.3 is 4.74 Å². The summed E-state index contributed by atoms with van der Waals surface area (Å²) in [5, 5.41) is 0. The van der Waals surface area contributed by atoms with Gasteiger partial charge in [-0.1, -0.05) is 199 Å². The molecule has 0 saturated carbocycles. The lowest BCUT2D eigenvalue weighted by molar-refractivity contribution is 0.131. The summed E-state index contributed by atoms with van der Waals surface area (Å²) in [7, 11) is -0.736. The van der Waals surface area contributed by atoms with E-state index >= 15 is 0 Å². The number of ether oxygens (including phenoxy) is 1. The van der Waals surface area contributed by atoms with Crippen molar-refractivity contribution in [3.8, 4) is 5.75 Å². The first-order chi connectivity index (χ1) is 52.5. The van der Waals surface area contributed by atoms with Crippen molar-refractivity contribution in [1.82, 2.24) is 0 Å². The molecular weight excluding hydrogens is 1420 g/mol. The molecule has 0 spiro atoms. The van der Waals surface area contributed by atoms with E-state index in [-0.39, 0.29) is 77.5 Å². The van der Waals surface area contributed by atoms with Crippen LogP contribution in [-0.4, -0.2) is 5.60 Å². The number of hydrogen-bond donors (Lipinski definition) is 0. The minimum atomic E-state index is -0.365. The summed E-state index contributed by atoms with van der Waals surface area (Å²) < 4.78 is 45.4. The zero-order valence-electron chi connectivity index (χ0n) is 62.2. The van der Waals surface area contributed by atoms with Crippen LogP contribution in [0.5, 0.6) is 5.75 Å². The molecule has 108 heavy (non-hydrogen) atoms. The van der Waals surface area contributed by atoms with Gasteiger partial charge in [-0.05, 0) is 268 Å². The standard InChI is InChI=1S/C22H23OS.C21H21S.C20H19S.C18H13F2S.C18H14FS/c1-22(2,3)23-18-14-16-21(17-15-18)24(19-10-6-4-7-11-19)20-12-8-5-9-13-20;1-16-14-17(2)21(18(3)15-16)22(19-10-6-4-7-11-19)20-12-8-5-9-13-20;1-16-13-14-20(17(2)15-16)21(18-9-5-3-6-10-18)19-11-7-4-8-12-19;19-14-6-10-17(11-7-14)21(16-4-2-1-3-5-16)18-12-8-15(20)9-13-18;19-15-11-13-18(14-12-15)20(16-7-3-1-4-8-16)17-9-5-2-6-10-17/h4-17H,1-3H3;4-15H,1-3H3;3-15H,1-2H3;1-13H;1-14H/q5*+1. The first kappa shape index (κ1) is 78.7. The lowest BCUT2D eigenvalue weighted by Crippen LogP contribution is -2.22. The Morgan fingerprint density at radius 2 is 0.426 bits per heavy atom. The van der Waals surface area contributed by atoms with Crippen molar-refractivity contribution in [1.29, 1.82) is 0 Å². The van der Waals surface area contributed by atoms with Crippen LogP contribution >= 0.6 is 0 Å². The third-order valence-corrected chi connectivity index (χ3v) is 28.4. The molecule has 0 aliphatic carbocycles. The van der Waals surface area contributed by atoms with E-state index in [1.165, 1.54) is 118 Å². The molecule has 9 heteroatoms. The molecule has 0 aliphatic rings. The number of hydrogen-bond acceptors (Lipinski definition) is 1. The Hall–Kier alpha value is -10.4. The summed E-state index contributed by atoms with van der Waals surface area (Å²) in [4.78, 5) is 19.1. The molecule has 0 fully saturated rings. The maximum absolute atomic E-state index is 13.2. The Bertz CT molecular complexity index is 4920. The van der Waals surface area contributed by atoms with Crippen molar-refractivity contribution in [3.63, 3.8) is 0 Å². The first-order valence-corrected chi connectivity index (χ1v) is 42.0. The molecule has 538 valence electrons. The Morgan fingerprint density at radius 1 is 0.213 bits per heavy atom. The lowest BCUT2D eigenvalue weighted by atomic mass is 10.1. The van der Waals surface area contributed by atoms with Crippen LogP contribution in [0, 0.1) is 52.1 Å². The third kappa shape index (κ3) is 22.4. The smallest absolute Gasteiger partial charge is 0.172 e. The average Bonchev–Trinajstić information content (AvgIpc) is 0.806. The predicted octanol–water partition coefficient (Wildman–Crippen LogP) is 27.0. The molecule has 0 N–H and O–H groups in total. The van der Waals surface area contributed by atoms with Gasteiger partial charge in [0.15, 0.2) is 73.4 Å². The van der Waals surface area contributed by atoms with E-state index in [1.54, 1.807) is 24.3 Å². The molecule has 15 aromatic carbocycles. The molecule has 0 aliphatic heterocycles. The van der Waals surface area contributed by atoms with Gasteiger partial charge in [0.1, 0.15) is 28.8 Å². The monoisotopic (exact) mass is 1510 g/mol. The minimum absolute atomic E-state index is 0.0345. The fraction of sp³-hybridized carbons (Fsp3) is 0.0909. The van der Waals surface area contributed by atoms with Gasteiger partial charge >= 0.3 is 0 Å². The fourth-order valence-corrected chi connectivity index (χ4v) is 23.0. The van der Waals surface area contributed by atoms with Gasteiger partial charge in [0.05, 0.1) is 54.5 Å². The van der Waals surface area contributed by atoms with Crippen molar-refractivity contribution >= 4 is 54.5 Å². The second-order valence-electron chi connectivity index (χ2n) is 26.4. The highest BCUT2D eigenvalue weighted by Gasteiger charge is 2.35. The summed E-state index contributed by atoms with van der Waals surface area (Å²) >= 11 is 0. The molecule has 0 radical (unpaired) electrons. The number of halogens is 3. The van der Waals surface area contributed by atoms with Crippen molar-refractivity contribution < 1.29 is 17.9 Å². The highest BCUT2D eigenvalue weighted by atomic mass is 32.2. The van der Waals surface area contributed by atoms with Crippen molar-refractivity contribution in [2.24, 2.45) is 0 Å². The van der Waals surface area contributed by atoms with Crippen LogP contribution in [0.15, 0.2) is 474 Å². The van der Waals surface area contributed by atoms with Gasteiger partial charge in [0.25, 0.3) is 0 Å².